The van der Waals surface area contributed by atoms with E-state index in [4.69, 9.17) is 28.4 Å². The summed E-state index contributed by atoms with van der Waals surface area (Å²) in [5, 5.41) is 9.52. The van der Waals surface area contributed by atoms with Crippen molar-refractivity contribution < 1.29 is 33.5 Å². The third kappa shape index (κ3) is 10.9. The number of hydrogen-bond donors (Lipinski definition) is 1. The summed E-state index contributed by atoms with van der Waals surface area (Å²) in [7, 11) is 1.68. The molecule has 0 aromatic heterocycles. The van der Waals surface area contributed by atoms with Crippen molar-refractivity contribution in [1.82, 2.24) is 0 Å². The first-order valence-electron chi connectivity index (χ1n) is 15.3. The molecule has 0 bridgehead atoms. The van der Waals surface area contributed by atoms with Gasteiger partial charge in [0.25, 0.3) is 0 Å². The van der Waals surface area contributed by atoms with Crippen LogP contribution in [0.5, 0.6) is 23.0 Å². The molecule has 0 radical (unpaired) electrons. The normalized spacial score (nSPS) is 17.1. The molecule has 7 heteroatoms. The number of rotatable bonds is 15. The fourth-order valence-electron chi connectivity index (χ4n) is 4.34. The highest BCUT2D eigenvalue weighted by atomic mass is 16.6. The summed E-state index contributed by atoms with van der Waals surface area (Å²) in [4.78, 5) is 0. The maximum absolute atomic E-state index is 9.52. The van der Waals surface area contributed by atoms with E-state index in [-0.39, 0.29) is 6.10 Å². The van der Waals surface area contributed by atoms with Crippen molar-refractivity contribution in [2.75, 3.05) is 40.1 Å². The van der Waals surface area contributed by atoms with Gasteiger partial charge in [-0.2, -0.15) is 0 Å². The summed E-state index contributed by atoms with van der Waals surface area (Å²) in [6, 6.07) is 32.6. The Bertz CT molecular complexity index is 1380. The van der Waals surface area contributed by atoms with Crippen LogP contribution in [0.2, 0.25) is 0 Å². The molecule has 0 amide bonds. The highest BCUT2D eigenvalue weighted by Gasteiger charge is 2.23. The molecule has 2 fully saturated rings. The Kier molecular flexibility index (Phi) is 11.5. The summed E-state index contributed by atoms with van der Waals surface area (Å²) < 4.78 is 32.2. The number of aliphatic hydroxyl groups is 1. The molecule has 232 valence electrons. The molecule has 2 aliphatic rings. The lowest BCUT2D eigenvalue weighted by atomic mass is 10.0. The Labute approximate surface area is 260 Å². The maximum Gasteiger partial charge on any atom is 0.119 e. The number of methoxy groups -OCH3 is 1. The minimum Gasteiger partial charge on any atom is -0.497 e. The minimum atomic E-state index is -0.406. The predicted molar refractivity (Wildman–Crippen MR) is 170 cm³/mol. The van der Waals surface area contributed by atoms with Gasteiger partial charge in [-0.1, -0.05) is 55.5 Å². The van der Waals surface area contributed by atoms with Crippen molar-refractivity contribution in [1.29, 1.82) is 0 Å². The van der Waals surface area contributed by atoms with Crippen LogP contribution in [0.1, 0.15) is 35.6 Å². The van der Waals surface area contributed by atoms with Crippen LogP contribution in [-0.2, 0) is 22.3 Å². The number of hydrogen-bond acceptors (Lipinski definition) is 7. The average Bonchev–Trinajstić information content (AvgIpc) is 4.01. The van der Waals surface area contributed by atoms with E-state index in [1.54, 1.807) is 7.11 Å². The number of ether oxygens (including phenoxy) is 6. The van der Waals surface area contributed by atoms with Crippen LogP contribution >= 0.6 is 0 Å². The predicted octanol–water partition coefficient (Wildman–Crippen LogP) is 6.27. The Morgan fingerprint density at radius 1 is 0.591 bits per heavy atom. The molecule has 3 atom stereocenters. The van der Waals surface area contributed by atoms with Gasteiger partial charge in [-0.15, -0.1) is 0 Å². The van der Waals surface area contributed by atoms with E-state index in [0.29, 0.717) is 32.3 Å². The number of aliphatic hydroxyl groups excluding tert-OH is 1. The summed E-state index contributed by atoms with van der Waals surface area (Å²) in [5.41, 5.74) is 4.99. The number of epoxide rings is 2. The van der Waals surface area contributed by atoms with E-state index in [0.717, 1.165) is 49.1 Å². The van der Waals surface area contributed by atoms with Crippen molar-refractivity contribution in [3.63, 3.8) is 0 Å². The lowest BCUT2D eigenvalue weighted by molar-refractivity contribution is 0.104. The molecule has 0 saturated carbocycles. The van der Waals surface area contributed by atoms with Crippen molar-refractivity contribution >= 4 is 0 Å². The second kappa shape index (κ2) is 16.1. The van der Waals surface area contributed by atoms with Crippen LogP contribution in [0.15, 0.2) is 97.1 Å². The summed E-state index contributed by atoms with van der Waals surface area (Å²) in [6.07, 6.45) is 2.65. The minimum absolute atomic E-state index is 0.281. The molecule has 3 unspecified atom stereocenters. The van der Waals surface area contributed by atoms with Gasteiger partial charge in [0, 0.05) is 0 Å². The van der Waals surface area contributed by atoms with E-state index in [9.17, 15) is 5.11 Å². The molecule has 0 aliphatic carbocycles. The second-order valence-corrected chi connectivity index (χ2v) is 11.0. The monoisotopic (exact) mass is 598 g/mol. The second-order valence-electron chi connectivity index (χ2n) is 11.0. The van der Waals surface area contributed by atoms with Crippen molar-refractivity contribution in [2.45, 2.75) is 44.5 Å². The van der Waals surface area contributed by atoms with Gasteiger partial charge < -0.3 is 33.5 Å². The average molecular weight is 599 g/mol. The van der Waals surface area contributed by atoms with Gasteiger partial charge >= 0.3 is 0 Å². The SMILES string of the molecule is CCC(O)COc1ccc(Cc2ccc(OCC3CO3)cc2)cc1.COc1ccc(Cc2ccc(OCC3CO3)cc2)cc1. The molecule has 2 aliphatic heterocycles. The first kappa shape index (κ1) is 31.4. The summed E-state index contributed by atoms with van der Waals surface area (Å²) >= 11 is 0. The fraction of sp³-hybridized carbons (Fsp3) is 0.351. The topological polar surface area (TPSA) is 82.2 Å². The van der Waals surface area contributed by atoms with Gasteiger partial charge in [0.2, 0.25) is 0 Å². The Hall–Kier alpha value is -4.04. The van der Waals surface area contributed by atoms with E-state index in [1.807, 2.05) is 55.5 Å². The molecule has 2 heterocycles. The maximum atomic E-state index is 9.52. The fourth-order valence-corrected chi connectivity index (χ4v) is 4.34. The zero-order chi connectivity index (χ0) is 30.6. The van der Waals surface area contributed by atoms with Gasteiger partial charge in [-0.25, -0.2) is 0 Å². The molecular formula is C37H42O7. The molecule has 4 aromatic rings. The zero-order valence-electron chi connectivity index (χ0n) is 25.5. The van der Waals surface area contributed by atoms with Gasteiger partial charge in [0.15, 0.2) is 0 Å². The molecule has 2 saturated heterocycles. The van der Waals surface area contributed by atoms with Crippen molar-refractivity contribution in [3.8, 4) is 23.0 Å². The highest BCUT2D eigenvalue weighted by Crippen LogP contribution is 2.21. The third-order valence-corrected chi connectivity index (χ3v) is 7.34. The molecule has 44 heavy (non-hydrogen) atoms. The van der Waals surface area contributed by atoms with E-state index in [2.05, 4.69) is 48.5 Å². The quantitative estimate of drug-likeness (QED) is 0.162. The summed E-state index contributed by atoms with van der Waals surface area (Å²) in [6.45, 7) is 5.20. The third-order valence-electron chi connectivity index (χ3n) is 7.34. The van der Waals surface area contributed by atoms with Gasteiger partial charge in [0.1, 0.15) is 55.0 Å². The molecule has 4 aromatic carbocycles. The first-order chi connectivity index (χ1) is 21.6. The first-order valence-corrected chi connectivity index (χ1v) is 15.3. The van der Waals surface area contributed by atoms with E-state index in [1.165, 1.54) is 22.3 Å². The zero-order valence-corrected chi connectivity index (χ0v) is 25.5. The van der Waals surface area contributed by atoms with Crippen LogP contribution in [-0.4, -0.2) is 63.6 Å². The van der Waals surface area contributed by atoms with Crippen LogP contribution < -0.4 is 18.9 Å². The van der Waals surface area contributed by atoms with Gasteiger partial charge in [-0.05, 0) is 90.0 Å². The lowest BCUT2D eigenvalue weighted by Crippen LogP contribution is -2.15. The smallest absolute Gasteiger partial charge is 0.119 e. The van der Waals surface area contributed by atoms with Crippen molar-refractivity contribution in [3.05, 3.63) is 119 Å². The molecule has 7 nitrogen and oxygen atoms in total. The van der Waals surface area contributed by atoms with Crippen LogP contribution in [0.25, 0.3) is 0 Å². The van der Waals surface area contributed by atoms with Gasteiger partial charge in [0.05, 0.1) is 26.4 Å². The van der Waals surface area contributed by atoms with Crippen LogP contribution in [0, 0.1) is 0 Å². The van der Waals surface area contributed by atoms with Crippen molar-refractivity contribution in [2.24, 2.45) is 0 Å². The molecular weight excluding hydrogens is 556 g/mol. The standard InChI is InChI=1S/C20H24O4.C17H18O3/c1-2-17(21)12-22-18-7-3-15(4-8-18)11-16-5-9-19(10-6-16)23-13-20-14-24-20;1-18-15-6-2-13(3-7-15)10-14-4-8-16(9-5-14)19-11-17-12-20-17/h3-10,17,20-21H,2,11-14H2,1H3;2-9,17H,10-12H2,1H3. The molecule has 0 spiro atoms. The molecule has 6 rings (SSSR count). The van der Waals surface area contributed by atoms with Crippen LogP contribution in [0.4, 0.5) is 0 Å². The van der Waals surface area contributed by atoms with Crippen LogP contribution in [0.3, 0.4) is 0 Å². The van der Waals surface area contributed by atoms with E-state index < -0.39 is 6.10 Å². The highest BCUT2D eigenvalue weighted by molar-refractivity contribution is 5.35. The number of benzene rings is 4. The Morgan fingerprint density at radius 3 is 1.25 bits per heavy atom. The largest absolute Gasteiger partial charge is 0.497 e. The Morgan fingerprint density at radius 2 is 0.932 bits per heavy atom. The Balaban J connectivity index is 0.000000177. The summed E-state index contributed by atoms with van der Waals surface area (Å²) in [5.74, 6) is 3.46. The van der Waals surface area contributed by atoms with E-state index >= 15 is 0 Å². The van der Waals surface area contributed by atoms with Gasteiger partial charge in [-0.3, -0.25) is 0 Å². The lowest BCUT2D eigenvalue weighted by Gasteiger charge is -2.11. The molecule has 1 N–H and O–H groups in total.